The van der Waals surface area contributed by atoms with Gasteiger partial charge in [0.25, 0.3) is 0 Å². The zero-order valence-electron chi connectivity index (χ0n) is 15.3. The minimum atomic E-state index is 0.549. The van der Waals surface area contributed by atoms with Crippen LogP contribution < -0.4 is 0 Å². The van der Waals surface area contributed by atoms with Gasteiger partial charge in [-0.15, -0.1) is 0 Å². The summed E-state index contributed by atoms with van der Waals surface area (Å²) in [5.74, 6) is 1.76. The molecule has 1 fully saturated rings. The molecule has 0 N–H and O–H groups in total. The van der Waals surface area contributed by atoms with Crippen LogP contribution in [0.25, 0.3) is 16.7 Å². The summed E-state index contributed by atoms with van der Waals surface area (Å²) in [4.78, 5) is 9.72. The van der Waals surface area contributed by atoms with Crippen molar-refractivity contribution in [2.45, 2.75) is 58.3 Å². The highest BCUT2D eigenvalue weighted by molar-refractivity contribution is 5.81. The van der Waals surface area contributed by atoms with Gasteiger partial charge in [0, 0.05) is 17.3 Å². The number of rotatable bonds is 3. The lowest BCUT2D eigenvalue weighted by molar-refractivity contribution is 0.426. The van der Waals surface area contributed by atoms with E-state index in [9.17, 15) is 0 Å². The molecule has 1 aromatic carbocycles. The zero-order valence-corrected chi connectivity index (χ0v) is 15.3. The van der Waals surface area contributed by atoms with Crippen LogP contribution in [0.1, 0.15) is 60.8 Å². The molecule has 1 aliphatic carbocycles. The molecule has 1 saturated carbocycles. The normalized spacial score (nSPS) is 15.8. The van der Waals surface area contributed by atoms with Crippen molar-refractivity contribution in [1.82, 2.24) is 14.5 Å². The predicted molar refractivity (Wildman–Crippen MR) is 103 cm³/mol. The smallest absolute Gasteiger partial charge is 0.117 e. The number of aromatic nitrogens is 3. The molecule has 1 radical (unpaired) electrons. The van der Waals surface area contributed by atoms with Crippen molar-refractivity contribution in [1.29, 1.82) is 0 Å². The molecule has 4 rings (SSSR count). The molecule has 3 nitrogen and oxygen atoms in total. The molecule has 129 valence electrons. The van der Waals surface area contributed by atoms with Gasteiger partial charge in [0.1, 0.15) is 11.3 Å². The fourth-order valence-electron chi connectivity index (χ4n) is 4.12. The standard InChI is InChI=1S/C22H26N3/c1-4-17-10-12-19(13-11-17)25-20-14-15(2)23-16(3)21(20)24-22(25)18-8-6-5-7-9-18/h10-14,18H,1,4-9H2,2-3H3. The molecular formula is C22H26N3. The van der Waals surface area contributed by atoms with Crippen LogP contribution in [-0.4, -0.2) is 14.5 Å². The summed E-state index contributed by atoms with van der Waals surface area (Å²) in [7, 11) is 0. The van der Waals surface area contributed by atoms with E-state index in [1.54, 1.807) is 0 Å². The highest BCUT2D eigenvalue weighted by Crippen LogP contribution is 2.36. The number of hydrogen-bond acceptors (Lipinski definition) is 2. The van der Waals surface area contributed by atoms with E-state index >= 15 is 0 Å². The summed E-state index contributed by atoms with van der Waals surface area (Å²) < 4.78 is 2.37. The first-order chi connectivity index (χ1) is 12.2. The fraction of sp³-hybridized carbons (Fsp3) is 0.409. The van der Waals surface area contributed by atoms with E-state index in [1.807, 2.05) is 0 Å². The minimum absolute atomic E-state index is 0.549. The van der Waals surface area contributed by atoms with Crippen LogP contribution in [0.2, 0.25) is 0 Å². The Kier molecular flexibility index (Phi) is 4.32. The highest BCUT2D eigenvalue weighted by Gasteiger charge is 2.24. The van der Waals surface area contributed by atoms with Gasteiger partial charge in [-0.05, 0) is 63.8 Å². The average molecular weight is 332 g/mol. The Morgan fingerprint density at radius 2 is 1.76 bits per heavy atom. The van der Waals surface area contributed by atoms with Crippen LogP contribution in [0, 0.1) is 20.8 Å². The number of aryl methyl sites for hydroxylation is 2. The number of imidazole rings is 1. The molecule has 0 bridgehead atoms. The molecule has 3 aromatic rings. The van der Waals surface area contributed by atoms with Crippen LogP contribution in [0.5, 0.6) is 0 Å². The summed E-state index contributed by atoms with van der Waals surface area (Å²) >= 11 is 0. The van der Waals surface area contributed by atoms with Crippen LogP contribution in [0.4, 0.5) is 0 Å². The second-order valence-corrected chi connectivity index (χ2v) is 7.27. The van der Waals surface area contributed by atoms with Gasteiger partial charge in [0.15, 0.2) is 0 Å². The molecule has 0 unspecified atom stereocenters. The van der Waals surface area contributed by atoms with Gasteiger partial charge in [-0.1, -0.05) is 31.4 Å². The van der Waals surface area contributed by atoms with E-state index in [2.05, 4.69) is 60.7 Å². The first-order valence-electron chi connectivity index (χ1n) is 9.42. The molecule has 2 heterocycles. The summed E-state index contributed by atoms with van der Waals surface area (Å²) in [6.07, 6.45) is 7.28. The van der Waals surface area contributed by atoms with Crippen molar-refractivity contribution in [3.8, 4) is 5.69 Å². The lowest BCUT2D eigenvalue weighted by Gasteiger charge is -2.22. The van der Waals surface area contributed by atoms with E-state index in [1.165, 1.54) is 54.7 Å². The second kappa shape index (κ2) is 6.62. The lowest BCUT2D eigenvalue weighted by atomic mass is 9.88. The van der Waals surface area contributed by atoms with Gasteiger partial charge in [-0.3, -0.25) is 9.55 Å². The molecular weight excluding hydrogens is 306 g/mol. The first-order valence-corrected chi connectivity index (χ1v) is 9.42. The van der Waals surface area contributed by atoms with E-state index in [0.29, 0.717) is 5.92 Å². The molecule has 0 atom stereocenters. The molecule has 25 heavy (non-hydrogen) atoms. The maximum atomic E-state index is 5.08. The van der Waals surface area contributed by atoms with Gasteiger partial charge in [0.2, 0.25) is 0 Å². The third-order valence-electron chi connectivity index (χ3n) is 5.42. The molecule has 1 aliphatic rings. The van der Waals surface area contributed by atoms with E-state index in [-0.39, 0.29) is 0 Å². The Morgan fingerprint density at radius 3 is 2.44 bits per heavy atom. The number of benzene rings is 1. The number of nitrogens with zero attached hydrogens (tertiary/aromatic N) is 3. The SMILES string of the molecule is [CH2]Cc1ccc(-n2c(C3CCCCC3)nc3c(C)nc(C)cc32)cc1. The maximum absolute atomic E-state index is 5.08. The van der Waals surface area contributed by atoms with Crippen LogP contribution in [0.15, 0.2) is 30.3 Å². The Hall–Kier alpha value is -2.16. The largest absolute Gasteiger partial charge is 0.296 e. The summed E-state index contributed by atoms with van der Waals surface area (Å²) in [5, 5.41) is 0. The van der Waals surface area contributed by atoms with Crippen LogP contribution >= 0.6 is 0 Å². The van der Waals surface area contributed by atoms with Crippen molar-refractivity contribution in [3.63, 3.8) is 0 Å². The lowest BCUT2D eigenvalue weighted by Crippen LogP contribution is -2.11. The van der Waals surface area contributed by atoms with Crippen molar-refractivity contribution >= 4 is 11.0 Å². The third kappa shape index (κ3) is 2.97. The topological polar surface area (TPSA) is 30.7 Å². The van der Waals surface area contributed by atoms with Gasteiger partial charge in [-0.2, -0.15) is 0 Å². The van der Waals surface area contributed by atoms with Crippen LogP contribution in [-0.2, 0) is 6.42 Å². The van der Waals surface area contributed by atoms with Gasteiger partial charge >= 0.3 is 0 Å². The molecule has 3 heteroatoms. The highest BCUT2D eigenvalue weighted by atomic mass is 15.1. The Morgan fingerprint density at radius 1 is 1.04 bits per heavy atom. The van der Waals surface area contributed by atoms with Crippen molar-refractivity contribution in [2.24, 2.45) is 0 Å². The quantitative estimate of drug-likeness (QED) is 0.637. The van der Waals surface area contributed by atoms with Gasteiger partial charge in [0.05, 0.1) is 11.2 Å². The van der Waals surface area contributed by atoms with Gasteiger partial charge < -0.3 is 0 Å². The molecule has 0 amide bonds. The predicted octanol–water partition coefficient (Wildman–Crippen LogP) is 5.46. The summed E-state index contributed by atoms with van der Waals surface area (Å²) in [6.45, 7) is 8.12. The molecule has 0 spiro atoms. The second-order valence-electron chi connectivity index (χ2n) is 7.27. The van der Waals surface area contributed by atoms with Crippen molar-refractivity contribution < 1.29 is 0 Å². The summed E-state index contributed by atoms with van der Waals surface area (Å²) in [5.41, 5.74) is 6.78. The fourth-order valence-corrected chi connectivity index (χ4v) is 4.12. The molecule has 2 aromatic heterocycles. The Labute approximate surface area is 150 Å². The van der Waals surface area contributed by atoms with Crippen LogP contribution in [0.3, 0.4) is 0 Å². The monoisotopic (exact) mass is 332 g/mol. The van der Waals surface area contributed by atoms with Crippen molar-refractivity contribution in [2.75, 3.05) is 0 Å². The molecule has 0 aliphatic heterocycles. The number of fused-ring (bicyclic) bond motifs is 1. The Balaban J connectivity index is 1.94. The van der Waals surface area contributed by atoms with E-state index in [0.717, 1.165) is 23.3 Å². The average Bonchev–Trinajstić information content (AvgIpc) is 3.02. The minimum Gasteiger partial charge on any atom is -0.296 e. The van der Waals surface area contributed by atoms with Gasteiger partial charge in [-0.25, -0.2) is 4.98 Å². The van der Waals surface area contributed by atoms with E-state index < -0.39 is 0 Å². The Bertz CT molecular complexity index is 884. The number of hydrogen-bond donors (Lipinski definition) is 0. The third-order valence-corrected chi connectivity index (χ3v) is 5.42. The summed E-state index contributed by atoms with van der Waals surface area (Å²) in [6, 6.07) is 11.0. The number of pyridine rings is 1. The van der Waals surface area contributed by atoms with E-state index in [4.69, 9.17) is 4.98 Å². The zero-order chi connectivity index (χ0) is 17.4. The van der Waals surface area contributed by atoms with Crippen molar-refractivity contribution in [3.05, 3.63) is 60.0 Å². The maximum Gasteiger partial charge on any atom is 0.117 e. The first kappa shape index (κ1) is 16.3. The molecule has 0 saturated heterocycles.